The first kappa shape index (κ1) is 11.7. The van der Waals surface area contributed by atoms with E-state index in [-0.39, 0.29) is 10.5 Å². The summed E-state index contributed by atoms with van der Waals surface area (Å²) in [6, 6.07) is 4.12. The summed E-state index contributed by atoms with van der Waals surface area (Å²) in [4.78, 5) is 10.1. The van der Waals surface area contributed by atoms with Crippen LogP contribution in [0, 0.1) is 6.92 Å². The molecule has 15 heavy (non-hydrogen) atoms. The summed E-state index contributed by atoms with van der Waals surface area (Å²) in [5.74, 6) is -1.15. The number of aryl methyl sites for hydroxylation is 1. The van der Waals surface area contributed by atoms with Gasteiger partial charge in [-0.15, -0.1) is 0 Å². The Morgan fingerprint density at radius 1 is 1.40 bits per heavy atom. The van der Waals surface area contributed by atoms with Gasteiger partial charge in [0.05, 0.1) is 11.3 Å². The predicted molar refractivity (Wildman–Crippen MR) is 52.3 cm³/mol. The highest BCUT2D eigenvalue weighted by Gasteiger charge is 2.16. The second kappa shape index (κ2) is 4.00. The van der Waals surface area contributed by atoms with Gasteiger partial charge in [-0.05, 0) is 18.6 Å². The van der Waals surface area contributed by atoms with Gasteiger partial charge in [0.15, 0.2) is 0 Å². The molecule has 0 amide bonds. The quantitative estimate of drug-likeness (QED) is 0.752. The molecule has 0 spiro atoms. The Kier molecular flexibility index (Phi) is 3.11. The van der Waals surface area contributed by atoms with Crippen molar-refractivity contribution in [3.05, 3.63) is 29.3 Å². The van der Waals surface area contributed by atoms with Crippen LogP contribution in [0.4, 0.5) is 0 Å². The number of rotatable bonds is 3. The number of carboxylic acid groups (broad SMARTS) is 1. The van der Waals surface area contributed by atoms with E-state index in [2.05, 4.69) is 0 Å². The van der Waals surface area contributed by atoms with Crippen molar-refractivity contribution in [1.82, 2.24) is 0 Å². The fourth-order valence-corrected chi connectivity index (χ4v) is 1.96. The maximum atomic E-state index is 10.9. The molecule has 0 fully saturated rings. The summed E-state index contributed by atoms with van der Waals surface area (Å²) >= 11 is 0. The third kappa shape index (κ3) is 3.03. The minimum Gasteiger partial charge on any atom is -0.481 e. The zero-order valence-electron chi connectivity index (χ0n) is 7.97. The van der Waals surface area contributed by atoms with Crippen LogP contribution in [0.5, 0.6) is 0 Å². The van der Waals surface area contributed by atoms with Gasteiger partial charge in [-0.2, -0.15) is 8.42 Å². The normalized spacial score (nSPS) is 11.3. The van der Waals surface area contributed by atoms with Crippen LogP contribution in [0.15, 0.2) is 23.1 Å². The topological polar surface area (TPSA) is 91.7 Å². The minimum atomic E-state index is -4.36. The Bertz CT molecular complexity index is 489. The Hall–Kier alpha value is -1.40. The zero-order chi connectivity index (χ0) is 11.6. The van der Waals surface area contributed by atoms with Gasteiger partial charge in [0, 0.05) is 0 Å². The van der Waals surface area contributed by atoms with Crippen molar-refractivity contribution in [2.24, 2.45) is 0 Å². The molecule has 0 radical (unpaired) electrons. The molecule has 0 saturated carbocycles. The number of carbonyl (C=O) groups is 1. The van der Waals surface area contributed by atoms with E-state index in [1.165, 1.54) is 18.2 Å². The summed E-state index contributed by atoms with van der Waals surface area (Å²) in [7, 11) is -4.36. The van der Waals surface area contributed by atoms with Crippen molar-refractivity contribution in [2.75, 3.05) is 0 Å². The molecule has 2 N–H and O–H groups in total. The van der Waals surface area contributed by atoms with Crippen molar-refractivity contribution < 1.29 is 22.9 Å². The summed E-state index contributed by atoms with van der Waals surface area (Å²) in [5, 5.41) is 8.57. The molecule has 82 valence electrons. The largest absolute Gasteiger partial charge is 0.481 e. The maximum absolute atomic E-state index is 10.9. The van der Waals surface area contributed by atoms with Crippen LogP contribution in [0.1, 0.15) is 11.1 Å². The molecule has 0 heterocycles. The molecular formula is C9H10O5S. The highest BCUT2D eigenvalue weighted by molar-refractivity contribution is 7.85. The minimum absolute atomic E-state index is 0.0880. The van der Waals surface area contributed by atoms with Crippen LogP contribution in [0.3, 0.4) is 0 Å². The van der Waals surface area contributed by atoms with E-state index in [4.69, 9.17) is 9.66 Å². The SMILES string of the molecule is Cc1ccc(S(=O)(=O)O)c(CC(=O)O)c1. The van der Waals surface area contributed by atoms with Crippen molar-refractivity contribution in [3.63, 3.8) is 0 Å². The van der Waals surface area contributed by atoms with Gasteiger partial charge in [0.1, 0.15) is 0 Å². The predicted octanol–water partition coefficient (Wildman–Crippen LogP) is 0.869. The first-order chi connectivity index (χ1) is 6.80. The van der Waals surface area contributed by atoms with Crippen LogP contribution in [0.2, 0.25) is 0 Å². The molecule has 6 heteroatoms. The van der Waals surface area contributed by atoms with Gasteiger partial charge in [0.25, 0.3) is 10.1 Å². The second-order valence-corrected chi connectivity index (χ2v) is 4.55. The first-order valence-electron chi connectivity index (χ1n) is 4.09. The van der Waals surface area contributed by atoms with E-state index in [1.807, 2.05) is 0 Å². The van der Waals surface area contributed by atoms with Gasteiger partial charge in [-0.3, -0.25) is 9.35 Å². The number of benzene rings is 1. The monoisotopic (exact) mass is 230 g/mol. The Labute approximate surface area is 87.1 Å². The van der Waals surface area contributed by atoms with Crippen LogP contribution in [-0.4, -0.2) is 24.0 Å². The molecule has 0 atom stereocenters. The van der Waals surface area contributed by atoms with E-state index < -0.39 is 22.5 Å². The van der Waals surface area contributed by atoms with Gasteiger partial charge >= 0.3 is 5.97 Å². The number of hydrogen-bond donors (Lipinski definition) is 2. The number of hydrogen-bond acceptors (Lipinski definition) is 3. The molecule has 0 aliphatic carbocycles. The Morgan fingerprint density at radius 3 is 2.47 bits per heavy atom. The standard InChI is InChI=1S/C9H10O5S/c1-6-2-3-8(15(12,13)14)7(4-6)5-9(10)11/h2-4H,5H2,1H3,(H,10,11)(H,12,13,14). The first-order valence-corrected chi connectivity index (χ1v) is 5.53. The summed E-state index contributed by atoms with van der Waals surface area (Å²) < 4.78 is 30.7. The molecular weight excluding hydrogens is 220 g/mol. The van der Waals surface area contributed by atoms with Crippen LogP contribution >= 0.6 is 0 Å². The third-order valence-corrected chi connectivity index (χ3v) is 2.79. The Balaban J connectivity index is 3.33. The molecule has 5 nitrogen and oxygen atoms in total. The highest BCUT2D eigenvalue weighted by Crippen LogP contribution is 2.17. The van der Waals surface area contributed by atoms with E-state index in [1.54, 1.807) is 6.92 Å². The van der Waals surface area contributed by atoms with Gasteiger partial charge in [-0.1, -0.05) is 17.7 Å². The van der Waals surface area contributed by atoms with Crippen molar-refractivity contribution in [1.29, 1.82) is 0 Å². The zero-order valence-corrected chi connectivity index (χ0v) is 8.78. The lowest BCUT2D eigenvalue weighted by molar-refractivity contribution is -0.136. The molecule has 0 aromatic heterocycles. The lowest BCUT2D eigenvalue weighted by Gasteiger charge is -2.05. The summed E-state index contributed by atoms with van der Waals surface area (Å²) in [6.07, 6.45) is -0.434. The van der Waals surface area contributed by atoms with Gasteiger partial charge in [-0.25, -0.2) is 0 Å². The highest BCUT2D eigenvalue weighted by atomic mass is 32.2. The van der Waals surface area contributed by atoms with E-state index in [0.717, 1.165) is 5.56 Å². The molecule has 1 aromatic carbocycles. The third-order valence-electron chi connectivity index (χ3n) is 1.84. The van der Waals surface area contributed by atoms with Crippen molar-refractivity contribution >= 4 is 16.1 Å². The van der Waals surface area contributed by atoms with Crippen LogP contribution in [-0.2, 0) is 21.3 Å². The molecule has 1 aromatic rings. The van der Waals surface area contributed by atoms with E-state index >= 15 is 0 Å². The molecule has 1 rings (SSSR count). The average Bonchev–Trinajstić information content (AvgIpc) is 1.99. The molecule has 0 aliphatic heterocycles. The lowest BCUT2D eigenvalue weighted by Crippen LogP contribution is -2.08. The van der Waals surface area contributed by atoms with Crippen molar-refractivity contribution in [2.45, 2.75) is 18.2 Å². The average molecular weight is 230 g/mol. The fraction of sp³-hybridized carbons (Fsp3) is 0.222. The Morgan fingerprint density at radius 2 is 2.00 bits per heavy atom. The van der Waals surface area contributed by atoms with E-state index in [9.17, 15) is 13.2 Å². The summed E-state index contributed by atoms with van der Waals surface area (Å²) in [6.45, 7) is 1.71. The van der Waals surface area contributed by atoms with Gasteiger partial charge in [0.2, 0.25) is 0 Å². The van der Waals surface area contributed by atoms with Crippen molar-refractivity contribution in [3.8, 4) is 0 Å². The smallest absolute Gasteiger partial charge is 0.307 e. The fourth-order valence-electron chi connectivity index (χ4n) is 1.26. The maximum Gasteiger partial charge on any atom is 0.307 e. The second-order valence-electron chi connectivity index (χ2n) is 3.16. The lowest BCUT2D eigenvalue weighted by atomic mass is 10.1. The summed E-state index contributed by atoms with van der Waals surface area (Å²) in [5.41, 5.74) is 0.823. The van der Waals surface area contributed by atoms with Crippen LogP contribution < -0.4 is 0 Å². The number of aliphatic carboxylic acids is 1. The molecule has 0 unspecified atom stereocenters. The number of carboxylic acids is 1. The van der Waals surface area contributed by atoms with Gasteiger partial charge < -0.3 is 5.11 Å². The molecule has 0 aliphatic rings. The molecule has 0 bridgehead atoms. The molecule has 0 saturated heterocycles. The van der Waals surface area contributed by atoms with Crippen LogP contribution in [0.25, 0.3) is 0 Å². The van der Waals surface area contributed by atoms with E-state index in [0.29, 0.717) is 0 Å².